The summed E-state index contributed by atoms with van der Waals surface area (Å²) in [4.78, 5) is 23.0. The summed E-state index contributed by atoms with van der Waals surface area (Å²) in [6, 6.07) is 18.7. The van der Waals surface area contributed by atoms with Gasteiger partial charge in [0.05, 0.1) is 31.5 Å². The van der Waals surface area contributed by atoms with Crippen molar-refractivity contribution in [1.29, 1.82) is 0 Å². The lowest BCUT2D eigenvalue weighted by molar-refractivity contribution is 0.102. The number of methoxy groups -OCH3 is 2. The molecule has 186 valence electrons. The number of carbonyl (C=O) groups excluding carboxylic acids is 1. The van der Waals surface area contributed by atoms with E-state index < -0.39 is 5.91 Å². The molecule has 0 saturated carbocycles. The van der Waals surface area contributed by atoms with E-state index in [-0.39, 0.29) is 11.4 Å². The zero-order valence-electron chi connectivity index (χ0n) is 20.9. The first-order valence-corrected chi connectivity index (χ1v) is 11.6. The number of ether oxygens (including phenoxy) is 2. The Balaban J connectivity index is 1.64. The number of nitrogens with one attached hydrogen (secondary N) is 1. The molecule has 5 rings (SSSR count). The molecule has 0 saturated heterocycles. The van der Waals surface area contributed by atoms with Gasteiger partial charge < -0.3 is 20.5 Å². The zero-order chi connectivity index (χ0) is 26.1. The molecule has 0 aliphatic rings. The molecule has 1 amide bonds. The molecule has 0 radical (unpaired) electrons. The Morgan fingerprint density at radius 1 is 0.946 bits per heavy atom. The highest BCUT2D eigenvalue weighted by Crippen LogP contribution is 2.30. The van der Waals surface area contributed by atoms with Gasteiger partial charge in [0, 0.05) is 5.69 Å². The van der Waals surface area contributed by atoms with Crippen LogP contribution >= 0.6 is 0 Å². The fourth-order valence-electron chi connectivity index (χ4n) is 4.29. The van der Waals surface area contributed by atoms with Crippen molar-refractivity contribution in [2.45, 2.75) is 13.8 Å². The van der Waals surface area contributed by atoms with Gasteiger partial charge in [0.25, 0.3) is 5.91 Å². The average Bonchev–Trinajstić information content (AvgIpc) is 3.15. The standard InChI is InChI=1S/C28H26N6O3/c1-16-11-17(2)13-19(12-16)31-28(35)24-25-27(33-21-8-6-5-7-20(21)32-25)34(26(24)29)30-15-18-9-10-22(36-3)23(14-18)37-4/h5-15H,29H2,1-4H3,(H,31,35)/b30-15+. The van der Waals surface area contributed by atoms with E-state index in [1.807, 2.05) is 62.4 Å². The highest BCUT2D eigenvalue weighted by atomic mass is 16.5. The second-order valence-corrected chi connectivity index (χ2v) is 8.65. The second kappa shape index (κ2) is 9.62. The van der Waals surface area contributed by atoms with Crippen LogP contribution in [-0.4, -0.2) is 41.0 Å². The van der Waals surface area contributed by atoms with Crippen molar-refractivity contribution in [3.05, 3.63) is 82.9 Å². The van der Waals surface area contributed by atoms with Gasteiger partial charge in [-0.1, -0.05) is 18.2 Å². The third kappa shape index (κ3) is 4.54. The predicted molar refractivity (Wildman–Crippen MR) is 146 cm³/mol. The van der Waals surface area contributed by atoms with Gasteiger partial charge in [0.1, 0.15) is 16.9 Å². The summed E-state index contributed by atoms with van der Waals surface area (Å²) in [7, 11) is 3.14. The normalized spacial score (nSPS) is 11.4. The summed E-state index contributed by atoms with van der Waals surface area (Å²) >= 11 is 0. The highest BCUT2D eigenvalue weighted by molar-refractivity contribution is 6.16. The van der Waals surface area contributed by atoms with Crippen molar-refractivity contribution in [1.82, 2.24) is 14.6 Å². The number of nitrogens with zero attached hydrogens (tertiary/aromatic N) is 4. The fourth-order valence-corrected chi connectivity index (χ4v) is 4.29. The number of hydrogen-bond donors (Lipinski definition) is 2. The molecule has 0 spiro atoms. The van der Waals surface area contributed by atoms with E-state index in [1.54, 1.807) is 32.6 Å². The molecule has 5 aromatic rings. The summed E-state index contributed by atoms with van der Waals surface area (Å²) in [5, 5.41) is 7.52. The first-order valence-electron chi connectivity index (χ1n) is 11.6. The molecule has 0 aliphatic heterocycles. The minimum absolute atomic E-state index is 0.129. The average molecular weight is 495 g/mol. The van der Waals surface area contributed by atoms with E-state index in [9.17, 15) is 4.79 Å². The second-order valence-electron chi connectivity index (χ2n) is 8.65. The lowest BCUT2D eigenvalue weighted by Crippen LogP contribution is -2.14. The lowest BCUT2D eigenvalue weighted by atomic mass is 10.1. The molecule has 37 heavy (non-hydrogen) atoms. The van der Waals surface area contributed by atoms with Crippen molar-refractivity contribution in [2.24, 2.45) is 5.10 Å². The van der Waals surface area contributed by atoms with Crippen LogP contribution < -0.4 is 20.5 Å². The van der Waals surface area contributed by atoms with E-state index >= 15 is 0 Å². The van der Waals surface area contributed by atoms with Gasteiger partial charge in [-0.3, -0.25) is 4.79 Å². The summed E-state index contributed by atoms with van der Waals surface area (Å²) in [6.07, 6.45) is 1.61. The lowest BCUT2D eigenvalue weighted by Gasteiger charge is -2.08. The van der Waals surface area contributed by atoms with Crippen molar-refractivity contribution in [2.75, 3.05) is 25.3 Å². The van der Waals surface area contributed by atoms with E-state index in [0.29, 0.717) is 39.4 Å². The van der Waals surface area contributed by atoms with Crippen LogP contribution in [0.2, 0.25) is 0 Å². The Kier molecular flexibility index (Phi) is 6.19. The van der Waals surface area contributed by atoms with Crippen molar-refractivity contribution >= 4 is 45.8 Å². The number of fused-ring (bicyclic) bond motifs is 2. The zero-order valence-corrected chi connectivity index (χ0v) is 20.9. The molecule has 0 unspecified atom stereocenters. The first-order chi connectivity index (χ1) is 17.9. The molecule has 9 heteroatoms. The number of nitrogen functional groups attached to an aromatic ring is 1. The fraction of sp³-hybridized carbons (Fsp3) is 0.143. The molecule has 3 aromatic carbocycles. The van der Waals surface area contributed by atoms with Crippen molar-refractivity contribution in [3.8, 4) is 11.5 Å². The van der Waals surface area contributed by atoms with Crippen LogP contribution in [0.3, 0.4) is 0 Å². The first kappa shape index (κ1) is 23.8. The van der Waals surface area contributed by atoms with Gasteiger partial charge in [-0.05, 0) is 73.0 Å². The molecule has 3 N–H and O–H groups in total. The maximum Gasteiger partial charge on any atom is 0.261 e. The van der Waals surface area contributed by atoms with Crippen LogP contribution in [-0.2, 0) is 0 Å². The predicted octanol–water partition coefficient (Wildman–Crippen LogP) is 4.94. The number of aryl methyl sites for hydroxylation is 2. The number of hydrogen-bond acceptors (Lipinski definition) is 7. The van der Waals surface area contributed by atoms with Crippen LogP contribution in [0.15, 0.2) is 65.8 Å². The van der Waals surface area contributed by atoms with Crippen LogP contribution in [0.5, 0.6) is 11.5 Å². The van der Waals surface area contributed by atoms with Crippen molar-refractivity contribution < 1.29 is 14.3 Å². The maximum atomic E-state index is 13.5. The maximum absolute atomic E-state index is 13.5. The highest BCUT2D eigenvalue weighted by Gasteiger charge is 2.24. The largest absolute Gasteiger partial charge is 0.493 e. The molecule has 0 bridgehead atoms. The van der Waals surface area contributed by atoms with Crippen LogP contribution in [0.4, 0.5) is 11.5 Å². The van der Waals surface area contributed by atoms with Crippen LogP contribution in [0, 0.1) is 13.8 Å². The Hall–Kier alpha value is -4.92. The Labute approximate surface area is 213 Å². The summed E-state index contributed by atoms with van der Waals surface area (Å²) in [5.41, 5.74) is 12.3. The third-order valence-corrected chi connectivity index (χ3v) is 5.91. The molecule has 2 heterocycles. The molecule has 9 nitrogen and oxygen atoms in total. The Morgan fingerprint density at radius 2 is 1.62 bits per heavy atom. The summed E-state index contributed by atoms with van der Waals surface area (Å²) in [5.74, 6) is 0.908. The van der Waals surface area contributed by atoms with Crippen LogP contribution in [0.1, 0.15) is 27.0 Å². The quantitative estimate of drug-likeness (QED) is 0.323. The number of benzene rings is 3. The van der Waals surface area contributed by atoms with Gasteiger partial charge in [0.2, 0.25) is 0 Å². The number of carbonyl (C=O) groups is 1. The van der Waals surface area contributed by atoms with E-state index in [0.717, 1.165) is 16.7 Å². The monoisotopic (exact) mass is 494 g/mol. The molecular formula is C28H26N6O3. The van der Waals surface area contributed by atoms with E-state index in [1.165, 1.54) is 4.68 Å². The number of aromatic nitrogens is 3. The number of anilines is 2. The van der Waals surface area contributed by atoms with E-state index in [2.05, 4.69) is 10.4 Å². The minimum Gasteiger partial charge on any atom is -0.493 e. The Bertz CT molecular complexity index is 1670. The number of amides is 1. The smallest absolute Gasteiger partial charge is 0.261 e. The molecule has 0 aliphatic carbocycles. The number of nitrogens with two attached hydrogens (primary N) is 1. The molecule has 2 aromatic heterocycles. The number of rotatable bonds is 6. The topological polar surface area (TPSA) is 117 Å². The van der Waals surface area contributed by atoms with Crippen LogP contribution in [0.25, 0.3) is 22.2 Å². The summed E-state index contributed by atoms with van der Waals surface area (Å²) in [6.45, 7) is 3.95. The third-order valence-electron chi connectivity index (χ3n) is 5.91. The number of para-hydroxylation sites is 2. The van der Waals surface area contributed by atoms with Crippen molar-refractivity contribution in [3.63, 3.8) is 0 Å². The molecular weight excluding hydrogens is 468 g/mol. The summed E-state index contributed by atoms with van der Waals surface area (Å²) < 4.78 is 12.1. The van der Waals surface area contributed by atoms with Gasteiger partial charge in [-0.25, -0.2) is 9.97 Å². The Morgan fingerprint density at radius 3 is 2.30 bits per heavy atom. The SMILES string of the molecule is COc1ccc(/C=N/n2c(N)c(C(=O)Nc3cc(C)cc(C)c3)c3nc4ccccc4nc32)cc1OC. The van der Waals surface area contributed by atoms with Gasteiger partial charge >= 0.3 is 0 Å². The minimum atomic E-state index is -0.392. The molecule has 0 fully saturated rings. The van der Waals surface area contributed by atoms with Gasteiger partial charge in [0.15, 0.2) is 17.1 Å². The van der Waals surface area contributed by atoms with Gasteiger partial charge in [-0.2, -0.15) is 9.78 Å². The van der Waals surface area contributed by atoms with E-state index in [4.69, 9.17) is 25.2 Å². The molecule has 0 atom stereocenters. The van der Waals surface area contributed by atoms with Gasteiger partial charge in [-0.15, -0.1) is 0 Å².